The lowest BCUT2D eigenvalue weighted by molar-refractivity contribution is -0.135. The lowest BCUT2D eigenvalue weighted by atomic mass is 9.83. The minimum absolute atomic E-state index is 0.294. The number of anilines is 1. The molecule has 0 radical (unpaired) electrons. The van der Waals surface area contributed by atoms with Gasteiger partial charge in [0.25, 0.3) is 5.91 Å². The zero-order valence-corrected chi connectivity index (χ0v) is 19.8. The van der Waals surface area contributed by atoms with Crippen molar-refractivity contribution in [2.75, 3.05) is 44.8 Å². The average Bonchev–Trinajstić information content (AvgIpc) is 3.12. The number of carbonyl (C=O) groups is 3. The van der Waals surface area contributed by atoms with E-state index in [-0.39, 0.29) is 12.3 Å². The minimum Gasteiger partial charge on any atom is -0.383 e. The van der Waals surface area contributed by atoms with Crippen molar-refractivity contribution in [1.82, 2.24) is 15.1 Å². The molecule has 3 fully saturated rings. The largest absolute Gasteiger partial charge is 0.383 e. The second kappa shape index (κ2) is 10.9. The Balaban J connectivity index is 1.45. The zero-order valence-electron chi connectivity index (χ0n) is 19.8. The van der Waals surface area contributed by atoms with Crippen LogP contribution in [0.25, 0.3) is 0 Å². The molecule has 3 unspecified atom stereocenters. The number of carbonyl (C=O) groups excluding carboxylic acids is 3. The predicted octanol–water partition coefficient (Wildman–Crippen LogP) is 2.66. The van der Waals surface area contributed by atoms with Crippen LogP contribution in [0.5, 0.6) is 0 Å². The summed E-state index contributed by atoms with van der Waals surface area (Å²) in [6.07, 6.45) is 5.27. The highest BCUT2D eigenvalue weighted by Crippen LogP contribution is 2.32. The fraction of sp³-hybridized carbons (Fsp3) is 0.625. The van der Waals surface area contributed by atoms with E-state index in [9.17, 15) is 27.6 Å². The number of hydrogen-bond acceptors (Lipinski definition) is 5. The van der Waals surface area contributed by atoms with Gasteiger partial charge in [0.05, 0.1) is 18.7 Å². The topological polar surface area (TPSA) is 82.2 Å². The number of amides is 4. The summed E-state index contributed by atoms with van der Waals surface area (Å²) in [5, 5.41) is 2.41. The number of benzene rings is 1. The Hall–Kier alpha value is -2.66. The van der Waals surface area contributed by atoms with Gasteiger partial charge in [0.1, 0.15) is 6.04 Å². The maximum absolute atomic E-state index is 13.7. The Morgan fingerprint density at radius 1 is 1.11 bits per heavy atom. The lowest BCUT2D eigenvalue weighted by Crippen LogP contribution is -2.52. The second-order valence-corrected chi connectivity index (χ2v) is 9.44. The van der Waals surface area contributed by atoms with E-state index < -0.39 is 41.1 Å². The van der Waals surface area contributed by atoms with Gasteiger partial charge in [-0.2, -0.15) is 0 Å². The molecule has 3 saturated heterocycles. The molecule has 0 aliphatic carbocycles. The summed E-state index contributed by atoms with van der Waals surface area (Å²) in [7, 11) is 1.55. The number of nitrogens with zero attached hydrogens (tertiary/aromatic N) is 3. The smallest absolute Gasteiger partial charge is 0.329 e. The molecule has 0 aromatic heterocycles. The molecule has 192 valence electrons. The standard InChI is InChI=1S/C24H31F3N4O4/c1-35-10-9-30(14-15-5-4-8-29-7-3-2-6-20(15)29)21(32)13-19-23(33)31(24(34)28-19)16-11-17(25)22(27)18(26)12-16/h11-12,15,19-20H,2-10,13-14H2,1H3,(H,28,34). The van der Waals surface area contributed by atoms with Gasteiger partial charge >= 0.3 is 6.03 Å². The molecule has 3 aliphatic rings. The normalized spacial score (nSPS) is 24.9. The number of ether oxygens (including phenoxy) is 1. The number of halogens is 3. The fourth-order valence-corrected chi connectivity index (χ4v) is 5.48. The second-order valence-electron chi connectivity index (χ2n) is 9.44. The summed E-state index contributed by atoms with van der Waals surface area (Å²) in [4.78, 5) is 43.3. The molecule has 3 aliphatic heterocycles. The van der Waals surface area contributed by atoms with Crippen LogP contribution in [0.4, 0.5) is 23.7 Å². The van der Waals surface area contributed by atoms with E-state index in [0.717, 1.165) is 32.4 Å². The molecule has 0 saturated carbocycles. The number of methoxy groups -OCH3 is 1. The van der Waals surface area contributed by atoms with Crippen molar-refractivity contribution >= 4 is 23.5 Å². The lowest BCUT2D eigenvalue weighted by Gasteiger charge is -2.45. The number of piperidine rings is 2. The Bertz CT molecular complexity index is 953. The maximum atomic E-state index is 13.7. The third-order valence-corrected chi connectivity index (χ3v) is 7.23. The first-order valence-electron chi connectivity index (χ1n) is 12.1. The summed E-state index contributed by atoms with van der Waals surface area (Å²) in [6.45, 7) is 3.38. The van der Waals surface area contributed by atoms with E-state index in [2.05, 4.69) is 10.2 Å². The molecule has 1 aromatic carbocycles. The molecular weight excluding hydrogens is 465 g/mol. The minimum atomic E-state index is -1.69. The van der Waals surface area contributed by atoms with Gasteiger partial charge in [-0.3, -0.25) is 9.59 Å². The van der Waals surface area contributed by atoms with Crippen molar-refractivity contribution in [1.29, 1.82) is 0 Å². The summed E-state index contributed by atoms with van der Waals surface area (Å²) in [5.41, 5.74) is -0.435. The highest BCUT2D eigenvalue weighted by atomic mass is 19.2. The van der Waals surface area contributed by atoms with Gasteiger partial charge in [0.15, 0.2) is 17.5 Å². The van der Waals surface area contributed by atoms with E-state index >= 15 is 0 Å². The molecule has 1 N–H and O–H groups in total. The van der Waals surface area contributed by atoms with E-state index in [0.29, 0.717) is 48.7 Å². The van der Waals surface area contributed by atoms with Gasteiger partial charge < -0.3 is 19.9 Å². The highest BCUT2D eigenvalue weighted by molar-refractivity contribution is 6.22. The van der Waals surface area contributed by atoms with Crippen molar-refractivity contribution in [2.45, 2.75) is 50.6 Å². The number of hydrogen-bond donors (Lipinski definition) is 1. The van der Waals surface area contributed by atoms with Crippen LogP contribution in [0.1, 0.15) is 38.5 Å². The van der Waals surface area contributed by atoms with Crippen LogP contribution in [0, 0.1) is 23.4 Å². The van der Waals surface area contributed by atoms with E-state index in [1.165, 1.54) is 12.8 Å². The van der Waals surface area contributed by atoms with Gasteiger partial charge in [-0.05, 0) is 44.7 Å². The summed E-state index contributed by atoms with van der Waals surface area (Å²) in [5.74, 6) is -5.55. The van der Waals surface area contributed by atoms with Gasteiger partial charge in [-0.1, -0.05) is 6.42 Å². The molecule has 11 heteroatoms. The number of fused-ring (bicyclic) bond motifs is 1. The van der Waals surface area contributed by atoms with Crippen LogP contribution in [0.15, 0.2) is 12.1 Å². The maximum Gasteiger partial charge on any atom is 0.329 e. The van der Waals surface area contributed by atoms with Crippen molar-refractivity contribution < 1.29 is 32.3 Å². The number of nitrogens with one attached hydrogen (secondary N) is 1. The molecule has 35 heavy (non-hydrogen) atoms. The molecule has 1 aromatic rings. The van der Waals surface area contributed by atoms with E-state index in [4.69, 9.17) is 4.74 Å². The average molecular weight is 497 g/mol. The predicted molar refractivity (Wildman–Crippen MR) is 121 cm³/mol. The molecule has 4 amide bonds. The SMILES string of the molecule is COCCN(CC1CCCN2CCCCC12)C(=O)CC1NC(=O)N(c2cc(F)c(F)c(F)c2)C1=O. The highest BCUT2D eigenvalue weighted by Gasteiger charge is 2.42. The van der Waals surface area contributed by atoms with Gasteiger partial charge in [0, 0.05) is 38.4 Å². The molecular formula is C24H31F3N4O4. The van der Waals surface area contributed by atoms with Gasteiger partial charge in [0.2, 0.25) is 5.91 Å². The monoisotopic (exact) mass is 496 g/mol. The number of rotatable bonds is 8. The van der Waals surface area contributed by atoms with Crippen LogP contribution >= 0.6 is 0 Å². The molecule has 3 atom stereocenters. The number of urea groups is 1. The molecule has 0 spiro atoms. The first kappa shape index (κ1) is 25.4. The van der Waals surface area contributed by atoms with Crippen LogP contribution in [-0.4, -0.2) is 79.6 Å². The fourth-order valence-electron chi connectivity index (χ4n) is 5.48. The van der Waals surface area contributed by atoms with Crippen molar-refractivity contribution in [3.8, 4) is 0 Å². The van der Waals surface area contributed by atoms with Crippen LogP contribution < -0.4 is 10.2 Å². The Morgan fingerprint density at radius 2 is 1.83 bits per heavy atom. The van der Waals surface area contributed by atoms with Crippen molar-refractivity contribution in [2.24, 2.45) is 5.92 Å². The third-order valence-electron chi connectivity index (χ3n) is 7.23. The number of imide groups is 1. The zero-order chi connectivity index (χ0) is 25.1. The van der Waals surface area contributed by atoms with Gasteiger partial charge in [-0.15, -0.1) is 0 Å². The first-order chi connectivity index (χ1) is 16.8. The van der Waals surface area contributed by atoms with Gasteiger partial charge in [-0.25, -0.2) is 22.9 Å². The molecule has 8 nitrogen and oxygen atoms in total. The van der Waals surface area contributed by atoms with Crippen LogP contribution in [0.2, 0.25) is 0 Å². The van der Waals surface area contributed by atoms with Crippen LogP contribution in [-0.2, 0) is 14.3 Å². The Labute approximate surface area is 202 Å². The summed E-state index contributed by atoms with van der Waals surface area (Å²) >= 11 is 0. The van der Waals surface area contributed by atoms with Crippen molar-refractivity contribution in [3.63, 3.8) is 0 Å². The Morgan fingerprint density at radius 3 is 2.54 bits per heavy atom. The summed E-state index contributed by atoms with van der Waals surface area (Å²) in [6, 6.07) is -0.531. The Kier molecular flexibility index (Phi) is 7.95. The summed E-state index contributed by atoms with van der Waals surface area (Å²) < 4.78 is 45.8. The van der Waals surface area contributed by atoms with E-state index in [1.807, 2.05) is 0 Å². The van der Waals surface area contributed by atoms with Crippen LogP contribution in [0.3, 0.4) is 0 Å². The quantitative estimate of drug-likeness (QED) is 0.442. The van der Waals surface area contributed by atoms with E-state index in [1.54, 1.807) is 12.0 Å². The molecule has 0 bridgehead atoms. The van der Waals surface area contributed by atoms with Crippen molar-refractivity contribution in [3.05, 3.63) is 29.6 Å². The third kappa shape index (κ3) is 5.45. The first-order valence-corrected chi connectivity index (χ1v) is 12.1. The molecule has 3 heterocycles. The molecule has 4 rings (SSSR count).